The molecule has 2 nitrogen and oxygen atoms in total. The van der Waals surface area contributed by atoms with Gasteiger partial charge in [0.05, 0.1) is 40.8 Å². The predicted octanol–water partition coefficient (Wildman–Crippen LogP) is 2.07. The van der Waals surface area contributed by atoms with Crippen LogP contribution < -0.4 is 0 Å². The molecular weight excluding hydrogens is 196 g/mol. The minimum Gasteiger partial charge on any atom is -0.321 e. The molecule has 0 saturated heterocycles. The van der Waals surface area contributed by atoms with Crippen LogP contribution in [0.1, 0.15) is 0 Å². The Hall–Kier alpha value is -0.860. The van der Waals surface area contributed by atoms with E-state index in [4.69, 9.17) is 0 Å². The highest BCUT2D eigenvalue weighted by molar-refractivity contribution is 4.71. The summed E-state index contributed by atoms with van der Waals surface area (Å²) in [6.07, 6.45) is 5.99. The summed E-state index contributed by atoms with van der Waals surface area (Å²) in [6.45, 7) is 16.8. The van der Waals surface area contributed by atoms with Gasteiger partial charge < -0.3 is 8.97 Å². The van der Waals surface area contributed by atoms with E-state index < -0.39 is 0 Å². The predicted molar refractivity (Wildman–Crippen MR) is 73.2 cm³/mol. The van der Waals surface area contributed by atoms with Gasteiger partial charge >= 0.3 is 0 Å². The summed E-state index contributed by atoms with van der Waals surface area (Å²) in [5.74, 6) is 0. The van der Waals surface area contributed by atoms with Gasteiger partial charge in [-0.3, -0.25) is 0 Å². The Balaban J connectivity index is 4.35. The van der Waals surface area contributed by atoms with Crippen LogP contribution in [0.5, 0.6) is 0 Å². The first-order chi connectivity index (χ1) is 7.39. The fraction of sp³-hybridized carbons (Fsp3) is 0.571. The minimum absolute atomic E-state index is 0.992. The van der Waals surface area contributed by atoms with Crippen LogP contribution in [0.2, 0.25) is 0 Å². The van der Waals surface area contributed by atoms with Crippen molar-refractivity contribution >= 4 is 0 Å². The first-order valence-corrected chi connectivity index (χ1v) is 5.87. The molecule has 0 fully saturated rings. The van der Waals surface area contributed by atoms with E-state index in [0.29, 0.717) is 0 Å². The molecule has 0 radical (unpaired) electrons. The van der Waals surface area contributed by atoms with Gasteiger partial charge in [-0.2, -0.15) is 0 Å². The molecule has 0 aliphatic heterocycles. The van der Waals surface area contributed by atoms with Crippen LogP contribution in [0.4, 0.5) is 0 Å². The second-order valence-electron chi connectivity index (χ2n) is 5.42. The first-order valence-electron chi connectivity index (χ1n) is 5.87. The van der Waals surface area contributed by atoms with Crippen molar-refractivity contribution in [2.45, 2.75) is 0 Å². The largest absolute Gasteiger partial charge is 0.321 e. The van der Waals surface area contributed by atoms with E-state index >= 15 is 0 Å². The van der Waals surface area contributed by atoms with Crippen LogP contribution in [-0.4, -0.2) is 62.8 Å². The van der Waals surface area contributed by atoms with E-state index in [9.17, 15) is 0 Å². The Morgan fingerprint density at radius 1 is 0.750 bits per heavy atom. The molecule has 0 N–H and O–H groups in total. The second-order valence-corrected chi connectivity index (χ2v) is 5.42. The lowest BCUT2D eigenvalue weighted by Crippen LogP contribution is -2.52. The monoisotopic (exact) mass is 224 g/mol. The van der Waals surface area contributed by atoms with Crippen LogP contribution in [0, 0.1) is 0 Å². The Morgan fingerprint density at radius 3 is 1.56 bits per heavy atom. The summed E-state index contributed by atoms with van der Waals surface area (Å²) in [7, 11) is 6.75. The molecule has 0 atom stereocenters. The van der Waals surface area contributed by atoms with Gasteiger partial charge in [-0.1, -0.05) is 19.7 Å². The normalized spacial score (nSPS) is 12.2. The number of likely N-dealkylation sites (N-methyl/N-ethyl adjacent to an activating group) is 2. The molecule has 2 heteroatoms. The van der Waals surface area contributed by atoms with Crippen LogP contribution in [0.25, 0.3) is 0 Å². The zero-order chi connectivity index (χ0) is 12.7. The zero-order valence-corrected chi connectivity index (χ0v) is 11.3. The summed E-state index contributed by atoms with van der Waals surface area (Å²) in [5, 5.41) is 0. The third-order valence-corrected chi connectivity index (χ3v) is 3.01. The van der Waals surface area contributed by atoms with Gasteiger partial charge in [0.25, 0.3) is 0 Å². The topological polar surface area (TPSA) is 0 Å². The minimum atomic E-state index is 0.992. The van der Waals surface area contributed by atoms with Crippen molar-refractivity contribution in [3.05, 3.63) is 38.0 Å². The highest BCUT2D eigenvalue weighted by Gasteiger charge is 2.23. The SMILES string of the molecule is C=CC[N+](C)(C)CC[N+](C)(CC=C)CC=C. The van der Waals surface area contributed by atoms with Gasteiger partial charge in [-0.05, 0) is 18.2 Å². The van der Waals surface area contributed by atoms with Gasteiger partial charge in [0, 0.05) is 0 Å². The van der Waals surface area contributed by atoms with Crippen molar-refractivity contribution in [1.82, 2.24) is 0 Å². The van der Waals surface area contributed by atoms with Gasteiger partial charge in [-0.15, -0.1) is 0 Å². The molecular formula is C14H28N2+2. The molecule has 0 bridgehead atoms. The summed E-state index contributed by atoms with van der Waals surface area (Å²) in [4.78, 5) is 0. The third kappa shape index (κ3) is 5.89. The maximum Gasteiger partial charge on any atom is 0.129 e. The number of quaternary nitrogens is 2. The fourth-order valence-electron chi connectivity index (χ4n) is 1.83. The summed E-state index contributed by atoms with van der Waals surface area (Å²) >= 11 is 0. The maximum absolute atomic E-state index is 3.84. The van der Waals surface area contributed by atoms with Crippen molar-refractivity contribution < 1.29 is 8.97 Å². The molecule has 0 aromatic carbocycles. The highest BCUT2D eigenvalue weighted by Crippen LogP contribution is 2.06. The van der Waals surface area contributed by atoms with Gasteiger partial charge in [-0.25, -0.2) is 0 Å². The Bertz CT molecular complexity index is 231. The first kappa shape index (κ1) is 15.1. The van der Waals surface area contributed by atoms with E-state index in [1.165, 1.54) is 0 Å². The smallest absolute Gasteiger partial charge is 0.129 e. The molecule has 0 aliphatic rings. The van der Waals surface area contributed by atoms with Crippen LogP contribution in [-0.2, 0) is 0 Å². The second kappa shape index (κ2) is 6.66. The molecule has 0 rings (SSSR count). The highest BCUT2D eigenvalue weighted by atomic mass is 15.4. The van der Waals surface area contributed by atoms with E-state index in [0.717, 1.165) is 41.7 Å². The van der Waals surface area contributed by atoms with Gasteiger partial charge in [0.15, 0.2) is 0 Å². The quantitative estimate of drug-likeness (QED) is 0.415. The summed E-state index contributed by atoms with van der Waals surface area (Å²) in [5.41, 5.74) is 0. The molecule has 0 aromatic rings. The molecule has 92 valence electrons. The maximum atomic E-state index is 3.84. The van der Waals surface area contributed by atoms with E-state index in [1.54, 1.807) is 0 Å². The summed E-state index contributed by atoms with van der Waals surface area (Å²) < 4.78 is 1.98. The number of nitrogens with zero attached hydrogens (tertiary/aromatic N) is 2. The fourth-order valence-corrected chi connectivity index (χ4v) is 1.83. The molecule has 0 spiro atoms. The van der Waals surface area contributed by atoms with E-state index in [2.05, 4.69) is 40.9 Å². The average Bonchev–Trinajstić information content (AvgIpc) is 2.16. The van der Waals surface area contributed by atoms with Crippen LogP contribution in [0.15, 0.2) is 38.0 Å². The molecule has 0 saturated carbocycles. The third-order valence-electron chi connectivity index (χ3n) is 3.01. The van der Waals surface area contributed by atoms with Gasteiger partial charge in [0.2, 0.25) is 0 Å². The standard InChI is InChI=1S/C14H28N2/c1-7-10-15(4,5)13-14-16(6,11-8-2)12-9-3/h7-9H,1-3,10-14H2,4-6H3/q+2. The van der Waals surface area contributed by atoms with E-state index in [-0.39, 0.29) is 0 Å². The Morgan fingerprint density at radius 2 is 1.19 bits per heavy atom. The Labute approximate surface area is 101 Å². The van der Waals surface area contributed by atoms with Crippen molar-refractivity contribution in [1.29, 1.82) is 0 Å². The Kier molecular flexibility index (Phi) is 6.31. The molecule has 0 amide bonds. The van der Waals surface area contributed by atoms with E-state index in [1.807, 2.05) is 18.2 Å². The van der Waals surface area contributed by atoms with Crippen LogP contribution >= 0.6 is 0 Å². The molecule has 0 aromatic heterocycles. The van der Waals surface area contributed by atoms with Crippen LogP contribution in [0.3, 0.4) is 0 Å². The van der Waals surface area contributed by atoms with Crippen molar-refractivity contribution in [3.8, 4) is 0 Å². The number of hydrogen-bond acceptors (Lipinski definition) is 0. The van der Waals surface area contributed by atoms with Crippen molar-refractivity contribution in [2.24, 2.45) is 0 Å². The number of rotatable bonds is 9. The lowest BCUT2D eigenvalue weighted by Gasteiger charge is -2.36. The molecule has 0 aliphatic carbocycles. The molecule has 16 heavy (non-hydrogen) atoms. The lowest BCUT2D eigenvalue weighted by atomic mass is 10.3. The average molecular weight is 224 g/mol. The summed E-state index contributed by atoms with van der Waals surface area (Å²) in [6, 6.07) is 0. The lowest BCUT2D eigenvalue weighted by molar-refractivity contribution is -0.947. The van der Waals surface area contributed by atoms with Gasteiger partial charge in [0.1, 0.15) is 13.1 Å². The van der Waals surface area contributed by atoms with Crippen molar-refractivity contribution in [2.75, 3.05) is 53.9 Å². The number of hydrogen-bond donors (Lipinski definition) is 0. The van der Waals surface area contributed by atoms with Crippen molar-refractivity contribution in [3.63, 3.8) is 0 Å². The molecule has 0 unspecified atom stereocenters. The zero-order valence-electron chi connectivity index (χ0n) is 11.3. The molecule has 0 heterocycles.